The molecule has 0 atom stereocenters. The largest absolute Gasteiger partial charge is 0.416 e. The monoisotopic (exact) mass is 499 g/mol. The van der Waals surface area contributed by atoms with Gasteiger partial charge in [-0.2, -0.15) is 18.3 Å². The Balaban J connectivity index is 1.48. The number of aromatic nitrogens is 3. The Morgan fingerprint density at radius 1 is 1.03 bits per heavy atom. The first-order valence-corrected chi connectivity index (χ1v) is 11.8. The van der Waals surface area contributed by atoms with Gasteiger partial charge in [-0.25, -0.2) is 9.67 Å². The molecule has 0 unspecified atom stereocenters. The Bertz CT molecular complexity index is 1430. The van der Waals surface area contributed by atoms with E-state index in [1.807, 2.05) is 30.3 Å². The van der Waals surface area contributed by atoms with E-state index in [9.17, 15) is 22.8 Å². The summed E-state index contributed by atoms with van der Waals surface area (Å²) in [5, 5.41) is 7.76. The molecule has 7 nitrogen and oxygen atoms in total. The lowest BCUT2D eigenvalue weighted by atomic mass is 10.1. The van der Waals surface area contributed by atoms with Crippen LogP contribution in [0.5, 0.6) is 0 Å². The highest BCUT2D eigenvalue weighted by Gasteiger charge is 2.30. The minimum Gasteiger partial charge on any atom is -0.348 e. The Kier molecular flexibility index (Phi) is 6.01. The number of anilines is 2. The van der Waals surface area contributed by atoms with Crippen LogP contribution in [0.15, 0.2) is 59.4 Å². The predicted octanol–water partition coefficient (Wildman–Crippen LogP) is 4.78. The summed E-state index contributed by atoms with van der Waals surface area (Å²) in [6, 6.07) is 13.4. The lowest BCUT2D eigenvalue weighted by molar-refractivity contribution is -0.137. The summed E-state index contributed by atoms with van der Waals surface area (Å²) in [7, 11) is 0. The van der Waals surface area contributed by atoms with Crippen molar-refractivity contribution in [1.29, 1.82) is 0 Å². The van der Waals surface area contributed by atoms with Crippen molar-refractivity contribution in [3.63, 3.8) is 0 Å². The summed E-state index contributed by atoms with van der Waals surface area (Å²) in [4.78, 5) is 32.6. The van der Waals surface area contributed by atoms with Gasteiger partial charge >= 0.3 is 6.18 Å². The van der Waals surface area contributed by atoms with Crippen LogP contribution in [0, 0.1) is 0 Å². The van der Waals surface area contributed by atoms with Crippen LogP contribution in [-0.2, 0) is 17.5 Å². The molecule has 3 heterocycles. The van der Waals surface area contributed by atoms with Gasteiger partial charge in [0.1, 0.15) is 12.2 Å². The standard InChI is InChI=1S/C24H20F3N5O2S/c25-24(26,27)16-8-10-17(11-9-16)28-18(33)14-32-22(34)20-21(19(30-32)15-6-2-1-3-7-15)35-23(29-20)31-12-4-5-13-31/h1-3,6-11H,4-5,12-14H2,(H,28,33). The van der Waals surface area contributed by atoms with Crippen molar-refractivity contribution >= 4 is 38.3 Å². The molecule has 0 saturated carbocycles. The molecule has 1 fully saturated rings. The number of benzene rings is 2. The highest BCUT2D eigenvalue weighted by atomic mass is 32.1. The molecule has 4 aromatic rings. The molecule has 5 rings (SSSR count). The summed E-state index contributed by atoms with van der Waals surface area (Å²) >= 11 is 1.41. The Morgan fingerprint density at radius 3 is 2.37 bits per heavy atom. The van der Waals surface area contributed by atoms with Crippen molar-refractivity contribution < 1.29 is 18.0 Å². The second-order valence-electron chi connectivity index (χ2n) is 8.17. The summed E-state index contributed by atoms with van der Waals surface area (Å²) in [5.41, 5.74) is 0.447. The normalized spacial score (nSPS) is 14.0. The fraction of sp³-hybridized carbons (Fsp3) is 0.250. The maximum absolute atomic E-state index is 13.2. The molecule has 1 aliphatic heterocycles. The molecule has 1 saturated heterocycles. The average molecular weight is 500 g/mol. The summed E-state index contributed by atoms with van der Waals surface area (Å²) in [5.74, 6) is -0.590. The number of halogens is 3. The highest BCUT2D eigenvalue weighted by molar-refractivity contribution is 7.22. The van der Waals surface area contributed by atoms with Gasteiger partial charge in [0.2, 0.25) is 5.91 Å². The summed E-state index contributed by atoms with van der Waals surface area (Å²) < 4.78 is 40.0. The van der Waals surface area contributed by atoms with E-state index in [4.69, 9.17) is 0 Å². The number of fused-ring (bicyclic) bond motifs is 1. The van der Waals surface area contributed by atoms with Crippen molar-refractivity contribution in [3.05, 3.63) is 70.5 Å². The number of amides is 1. The van der Waals surface area contributed by atoms with Gasteiger partial charge in [-0.1, -0.05) is 41.7 Å². The number of hydrogen-bond acceptors (Lipinski definition) is 6. The van der Waals surface area contributed by atoms with Crippen molar-refractivity contribution in [1.82, 2.24) is 14.8 Å². The second-order valence-corrected chi connectivity index (χ2v) is 9.15. The first-order chi connectivity index (χ1) is 16.8. The van der Waals surface area contributed by atoms with E-state index < -0.39 is 29.8 Å². The number of carbonyl (C=O) groups is 1. The number of nitrogens with one attached hydrogen (secondary N) is 1. The average Bonchev–Trinajstić information content (AvgIpc) is 3.52. The SMILES string of the molecule is O=C(Cn1nc(-c2ccccc2)c2sc(N3CCCC3)nc2c1=O)Nc1ccc(C(F)(F)F)cc1. The van der Waals surface area contributed by atoms with Gasteiger partial charge in [0.25, 0.3) is 5.56 Å². The van der Waals surface area contributed by atoms with Crippen LogP contribution in [0.3, 0.4) is 0 Å². The van der Waals surface area contributed by atoms with Gasteiger partial charge in [0.05, 0.1) is 10.3 Å². The van der Waals surface area contributed by atoms with E-state index >= 15 is 0 Å². The van der Waals surface area contributed by atoms with Crippen LogP contribution < -0.4 is 15.8 Å². The second kappa shape index (κ2) is 9.14. The van der Waals surface area contributed by atoms with Crippen molar-refractivity contribution in [3.8, 4) is 11.3 Å². The molecule has 2 aromatic carbocycles. The van der Waals surface area contributed by atoms with E-state index in [1.54, 1.807) is 0 Å². The van der Waals surface area contributed by atoms with Gasteiger partial charge < -0.3 is 10.2 Å². The molecule has 35 heavy (non-hydrogen) atoms. The van der Waals surface area contributed by atoms with Gasteiger partial charge in [0.15, 0.2) is 10.6 Å². The lowest BCUT2D eigenvalue weighted by Crippen LogP contribution is -2.30. The molecule has 1 aliphatic rings. The van der Waals surface area contributed by atoms with Crippen molar-refractivity contribution in [2.45, 2.75) is 25.6 Å². The van der Waals surface area contributed by atoms with E-state index in [0.29, 0.717) is 10.4 Å². The van der Waals surface area contributed by atoms with Gasteiger partial charge in [-0.05, 0) is 37.1 Å². The molecule has 1 N–H and O–H groups in total. The number of thiazole rings is 1. The van der Waals surface area contributed by atoms with Gasteiger partial charge in [-0.15, -0.1) is 0 Å². The molecular formula is C24H20F3N5O2S. The maximum atomic E-state index is 13.2. The Morgan fingerprint density at radius 2 is 1.71 bits per heavy atom. The Hall–Kier alpha value is -3.73. The van der Waals surface area contributed by atoms with Crippen LogP contribution >= 0.6 is 11.3 Å². The van der Waals surface area contributed by atoms with Crippen molar-refractivity contribution in [2.24, 2.45) is 0 Å². The fourth-order valence-electron chi connectivity index (χ4n) is 3.96. The summed E-state index contributed by atoms with van der Waals surface area (Å²) in [6.07, 6.45) is -2.34. The molecule has 0 aliphatic carbocycles. The third-order valence-corrected chi connectivity index (χ3v) is 6.82. The van der Waals surface area contributed by atoms with Crippen LogP contribution in [0.25, 0.3) is 21.5 Å². The molecule has 180 valence electrons. The molecule has 0 spiro atoms. The zero-order valence-electron chi connectivity index (χ0n) is 18.4. The van der Waals surface area contributed by atoms with E-state index in [2.05, 4.69) is 20.3 Å². The van der Waals surface area contributed by atoms with E-state index in [0.717, 1.165) is 65.6 Å². The molecular weight excluding hydrogens is 479 g/mol. The smallest absolute Gasteiger partial charge is 0.348 e. The predicted molar refractivity (Wildman–Crippen MR) is 129 cm³/mol. The highest BCUT2D eigenvalue weighted by Crippen LogP contribution is 2.35. The van der Waals surface area contributed by atoms with Crippen LogP contribution in [0.4, 0.5) is 24.0 Å². The topological polar surface area (TPSA) is 80.1 Å². The first-order valence-electron chi connectivity index (χ1n) is 11.0. The molecule has 0 radical (unpaired) electrons. The van der Waals surface area contributed by atoms with Crippen LogP contribution in [-0.4, -0.2) is 33.8 Å². The first kappa shape index (κ1) is 23.0. The zero-order valence-corrected chi connectivity index (χ0v) is 19.2. The minimum atomic E-state index is -4.47. The number of alkyl halides is 3. The fourth-order valence-corrected chi connectivity index (χ4v) is 5.08. The zero-order chi connectivity index (χ0) is 24.6. The molecule has 2 aromatic heterocycles. The molecule has 1 amide bonds. The minimum absolute atomic E-state index is 0.186. The number of nitrogens with zero attached hydrogens (tertiary/aromatic N) is 4. The van der Waals surface area contributed by atoms with E-state index in [1.165, 1.54) is 11.3 Å². The van der Waals surface area contributed by atoms with Crippen molar-refractivity contribution in [2.75, 3.05) is 23.3 Å². The number of hydrogen-bond donors (Lipinski definition) is 1. The molecule has 0 bridgehead atoms. The van der Waals surface area contributed by atoms with Gasteiger partial charge in [0, 0.05) is 24.3 Å². The molecule has 11 heteroatoms. The van der Waals surface area contributed by atoms with Gasteiger partial charge in [-0.3, -0.25) is 9.59 Å². The quantitative estimate of drug-likeness (QED) is 0.428. The number of carbonyl (C=O) groups excluding carboxylic acids is 1. The van der Waals surface area contributed by atoms with Crippen LogP contribution in [0.1, 0.15) is 18.4 Å². The van der Waals surface area contributed by atoms with Crippen LogP contribution in [0.2, 0.25) is 0 Å². The van der Waals surface area contributed by atoms with E-state index in [-0.39, 0.29) is 11.2 Å². The number of rotatable bonds is 5. The lowest BCUT2D eigenvalue weighted by Gasteiger charge is -2.11. The Labute approximate surface area is 201 Å². The third-order valence-electron chi connectivity index (χ3n) is 5.70. The maximum Gasteiger partial charge on any atom is 0.416 e. The third kappa shape index (κ3) is 4.76. The summed E-state index contributed by atoms with van der Waals surface area (Å²) in [6.45, 7) is 1.33.